The van der Waals surface area contributed by atoms with Crippen molar-refractivity contribution in [2.24, 2.45) is 0 Å². The molecule has 35 heavy (non-hydrogen) atoms. The van der Waals surface area contributed by atoms with Crippen LogP contribution < -0.4 is 10.6 Å². The highest BCUT2D eigenvalue weighted by atomic mass is 32.2. The molecule has 9 nitrogen and oxygen atoms in total. The van der Waals surface area contributed by atoms with Gasteiger partial charge in [0.1, 0.15) is 18.2 Å². The van der Waals surface area contributed by atoms with Crippen LogP contribution in [0.15, 0.2) is 48.5 Å². The number of aliphatic carboxylic acids is 1. The average molecular weight is 498 g/mol. The van der Waals surface area contributed by atoms with Gasteiger partial charge in [-0.15, -0.1) is 0 Å². The van der Waals surface area contributed by atoms with Crippen LogP contribution >= 0.6 is 11.8 Å². The fraction of sp³-hybridized carbons (Fsp3) is 0.360. The second kappa shape index (κ2) is 9.99. The molecule has 0 radical (unpaired) electrons. The Morgan fingerprint density at radius 1 is 1.11 bits per heavy atom. The monoisotopic (exact) mass is 497 g/mol. The molecule has 4 amide bonds. The van der Waals surface area contributed by atoms with E-state index in [1.807, 2.05) is 48.5 Å². The largest absolute Gasteiger partial charge is 0.480 e. The van der Waals surface area contributed by atoms with E-state index >= 15 is 0 Å². The Balaban J connectivity index is 1.28. The number of carboxylic acid groups (broad SMARTS) is 1. The molecule has 0 aromatic heterocycles. The molecule has 2 aliphatic rings. The summed E-state index contributed by atoms with van der Waals surface area (Å²) >= 11 is 1.22. The first-order valence-corrected chi connectivity index (χ1v) is 12.4. The van der Waals surface area contributed by atoms with E-state index in [1.165, 1.54) is 11.8 Å². The third-order valence-corrected chi connectivity index (χ3v) is 7.16. The molecular formula is C25H27N3O6S. The summed E-state index contributed by atoms with van der Waals surface area (Å²) in [6, 6.07) is 14.3. The van der Waals surface area contributed by atoms with Gasteiger partial charge < -0.3 is 20.5 Å². The van der Waals surface area contributed by atoms with Crippen LogP contribution in [0.1, 0.15) is 30.9 Å². The molecule has 1 aliphatic carbocycles. The van der Waals surface area contributed by atoms with Gasteiger partial charge in [-0.2, -0.15) is 11.8 Å². The minimum atomic E-state index is -1.19. The number of hydrogen-bond donors (Lipinski definition) is 3. The van der Waals surface area contributed by atoms with Crippen molar-refractivity contribution in [1.82, 2.24) is 15.5 Å². The molecule has 1 heterocycles. The van der Waals surface area contributed by atoms with Crippen molar-refractivity contribution in [2.45, 2.75) is 31.3 Å². The fourth-order valence-electron chi connectivity index (χ4n) is 4.34. The van der Waals surface area contributed by atoms with Crippen LogP contribution in [0, 0.1) is 0 Å². The Morgan fingerprint density at radius 3 is 2.26 bits per heavy atom. The molecule has 0 saturated carbocycles. The first-order valence-electron chi connectivity index (χ1n) is 11.2. The molecule has 2 aromatic rings. The van der Waals surface area contributed by atoms with Crippen molar-refractivity contribution in [1.29, 1.82) is 0 Å². The van der Waals surface area contributed by atoms with Crippen LogP contribution in [0.5, 0.6) is 0 Å². The van der Waals surface area contributed by atoms with Crippen LogP contribution in [0.2, 0.25) is 0 Å². The first-order chi connectivity index (χ1) is 16.7. The molecule has 10 heteroatoms. The summed E-state index contributed by atoms with van der Waals surface area (Å²) < 4.78 is 5.43. The van der Waals surface area contributed by atoms with E-state index < -0.39 is 29.7 Å². The number of carbonyl (C=O) groups is 4. The summed E-state index contributed by atoms with van der Waals surface area (Å²) in [5.74, 6) is -1.24. The lowest BCUT2D eigenvalue weighted by atomic mass is 9.98. The summed E-state index contributed by atoms with van der Waals surface area (Å²) in [5.41, 5.74) is 3.39. The van der Waals surface area contributed by atoms with Crippen LogP contribution in [0.4, 0.5) is 9.59 Å². The molecule has 1 aliphatic heterocycles. The van der Waals surface area contributed by atoms with E-state index in [4.69, 9.17) is 4.74 Å². The predicted molar refractivity (Wildman–Crippen MR) is 131 cm³/mol. The maximum absolute atomic E-state index is 12.4. The molecule has 1 unspecified atom stereocenters. The summed E-state index contributed by atoms with van der Waals surface area (Å²) in [7, 11) is 0. The van der Waals surface area contributed by atoms with Gasteiger partial charge in [-0.05, 0) is 36.1 Å². The van der Waals surface area contributed by atoms with Crippen molar-refractivity contribution in [3.63, 3.8) is 0 Å². The number of imide groups is 1. The Hall–Kier alpha value is -3.53. The van der Waals surface area contributed by atoms with Gasteiger partial charge in [0.25, 0.3) is 5.91 Å². The third-order valence-electron chi connectivity index (χ3n) is 6.12. The Bertz CT molecular complexity index is 1120. The number of benzene rings is 2. The van der Waals surface area contributed by atoms with Crippen LogP contribution in [-0.2, 0) is 14.3 Å². The molecule has 184 valence electrons. The SMILES string of the molecule is CC1(C)NC(=O)N(CCSCC(NC(=O)OCC2c3ccccc3-c3ccccc32)C(=O)O)C1=O. The van der Waals surface area contributed by atoms with E-state index in [1.54, 1.807) is 13.8 Å². The Morgan fingerprint density at radius 2 is 1.71 bits per heavy atom. The van der Waals surface area contributed by atoms with E-state index in [0.717, 1.165) is 27.2 Å². The first kappa shape index (κ1) is 24.6. The molecule has 3 N–H and O–H groups in total. The number of amides is 4. The predicted octanol–water partition coefficient (Wildman–Crippen LogP) is 3.04. The fourth-order valence-corrected chi connectivity index (χ4v) is 5.27. The Kier molecular flexibility index (Phi) is 7.02. The zero-order valence-corrected chi connectivity index (χ0v) is 20.3. The number of nitrogens with one attached hydrogen (secondary N) is 2. The second-order valence-electron chi connectivity index (χ2n) is 8.95. The van der Waals surface area contributed by atoms with E-state index in [0.29, 0.717) is 5.75 Å². The molecule has 4 rings (SSSR count). The molecule has 0 spiro atoms. The number of carboxylic acids is 1. The van der Waals surface area contributed by atoms with Crippen molar-refractivity contribution >= 4 is 35.8 Å². The number of hydrogen-bond acceptors (Lipinski definition) is 6. The number of alkyl carbamates (subject to hydrolysis) is 1. The van der Waals surface area contributed by atoms with Gasteiger partial charge in [-0.3, -0.25) is 9.69 Å². The summed E-state index contributed by atoms with van der Waals surface area (Å²) in [4.78, 5) is 49.3. The number of ether oxygens (including phenoxy) is 1. The number of urea groups is 1. The van der Waals surface area contributed by atoms with Gasteiger partial charge in [0.2, 0.25) is 0 Å². The maximum Gasteiger partial charge on any atom is 0.407 e. The van der Waals surface area contributed by atoms with Crippen molar-refractivity contribution in [3.05, 3.63) is 59.7 Å². The quantitative estimate of drug-likeness (QED) is 0.359. The molecule has 1 saturated heterocycles. The molecule has 0 bridgehead atoms. The zero-order chi connectivity index (χ0) is 25.2. The molecular weight excluding hydrogens is 470 g/mol. The number of nitrogens with zero attached hydrogens (tertiary/aromatic N) is 1. The second-order valence-corrected chi connectivity index (χ2v) is 10.1. The minimum Gasteiger partial charge on any atom is -0.480 e. The van der Waals surface area contributed by atoms with E-state index in [-0.39, 0.29) is 30.7 Å². The van der Waals surface area contributed by atoms with Crippen molar-refractivity contribution in [2.75, 3.05) is 24.7 Å². The van der Waals surface area contributed by atoms with Gasteiger partial charge >= 0.3 is 18.1 Å². The lowest BCUT2D eigenvalue weighted by Gasteiger charge is -2.18. The van der Waals surface area contributed by atoms with Gasteiger partial charge in [0.05, 0.1) is 0 Å². The minimum absolute atomic E-state index is 0.0621. The lowest BCUT2D eigenvalue weighted by molar-refractivity contribution is -0.138. The molecule has 1 fully saturated rings. The summed E-state index contributed by atoms with van der Waals surface area (Å²) in [6.07, 6.45) is -0.810. The smallest absolute Gasteiger partial charge is 0.407 e. The summed E-state index contributed by atoms with van der Waals surface area (Å²) in [5, 5.41) is 14.5. The normalized spacial score (nSPS) is 16.9. The van der Waals surface area contributed by atoms with Gasteiger partial charge in [0, 0.05) is 24.0 Å². The number of fused-ring (bicyclic) bond motifs is 3. The molecule has 1 atom stereocenters. The third kappa shape index (κ3) is 5.12. The zero-order valence-electron chi connectivity index (χ0n) is 19.4. The maximum atomic E-state index is 12.4. The topological polar surface area (TPSA) is 125 Å². The van der Waals surface area contributed by atoms with E-state index in [9.17, 15) is 24.3 Å². The number of thioether (sulfide) groups is 1. The van der Waals surface area contributed by atoms with Gasteiger partial charge in [-0.1, -0.05) is 48.5 Å². The van der Waals surface area contributed by atoms with Crippen LogP contribution in [-0.4, -0.2) is 70.2 Å². The standard InChI is InChI=1S/C25H27N3O6S/c1-25(2)22(31)28(23(32)27-25)11-12-35-14-20(21(29)30)26-24(33)34-13-19-17-9-5-3-7-15(17)16-8-4-6-10-18(16)19/h3-10,19-20H,11-14H2,1-2H3,(H,26,33)(H,27,32)(H,29,30). The Labute approximate surface area is 207 Å². The molecule has 2 aromatic carbocycles. The highest BCUT2D eigenvalue weighted by Gasteiger charge is 2.43. The van der Waals surface area contributed by atoms with Crippen LogP contribution in [0.25, 0.3) is 11.1 Å². The number of carbonyl (C=O) groups excluding carboxylic acids is 3. The highest BCUT2D eigenvalue weighted by molar-refractivity contribution is 7.99. The average Bonchev–Trinajstić information content (AvgIpc) is 3.24. The summed E-state index contributed by atoms with van der Waals surface area (Å²) in [6.45, 7) is 3.48. The highest BCUT2D eigenvalue weighted by Crippen LogP contribution is 2.44. The van der Waals surface area contributed by atoms with Crippen molar-refractivity contribution < 1.29 is 29.0 Å². The lowest BCUT2D eigenvalue weighted by Crippen LogP contribution is -2.43. The van der Waals surface area contributed by atoms with Crippen LogP contribution in [0.3, 0.4) is 0 Å². The van der Waals surface area contributed by atoms with Crippen molar-refractivity contribution in [3.8, 4) is 11.1 Å². The number of rotatable bonds is 9. The van der Waals surface area contributed by atoms with Gasteiger partial charge in [0.15, 0.2) is 0 Å². The van der Waals surface area contributed by atoms with Gasteiger partial charge in [-0.25, -0.2) is 14.4 Å². The van der Waals surface area contributed by atoms with E-state index in [2.05, 4.69) is 10.6 Å².